The molecule has 7 nitrogen and oxygen atoms in total. The van der Waals surface area contributed by atoms with E-state index in [0.29, 0.717) is 27.8 Å². The summed E-state index contributed by atoms with van der Waals surface area (Å²) in [4.78, 5) is 28.3. The average molecular weight is 463 g/mol. The van der Waals surface area contributed by atoms with Crippen molar-refractivity contribution in [3.8, 4) is 0 Å². The number of nitrogens with zero attached hydrogens (tertiary/aromatic N) is 1. The molecular weight excluding hydrogens is 444 g/mol. The van der Waals surface area contributed by atoms with Gasteiger partial charge in [0.25, 0.3) is 11.8 Å². The third-order valence-electron chi connectivity index (χ3n) is 4.11. The first-order valence-electron chi connectivity index (χ1n) is 8.74. The molecule has 1 aliphatic heterocycles. The number of anilines is 1. The maximum atomic E-state index is 12.2. The number of thiocarbonyl (C=S) groups is 1. The highest BCUT2D eigenvalue weighted by molar-refractivity contribution is 9.10. The highest BCUT2D eigenvalue weighted by Gasteiger charge is 2.16. The van der Waals surface area contributed by atoms with E-state index in [9.17, 15) is 9.59 Å². The Morgan fingerprint density at radius 2 is 1.96 bits per heavy atom. The Bertz CT molecular complexity index is 870. The van der Waals surface area contributed by atoms with Crippen molar-refractivity contribution in [2.75, 3.05) is 18.5 Å². The maximum Gasteiger partial charge on any atom is 0.259 e. The van der Waals surface area contributed by atoms with E-state index in [1.165, 1.54) is 6.20 Å². The number of carbonyl (C=O) groups excluding carboxylic acids is 2. The fraction of sp³-hybridized carbons (Fsp3) is 0.263. The van der Waals surface area contributed by atoms with E-state index in [1.54, 1.807) is 36.5 Å². The molecule has 0 spiro atoms. The molecular formula is C19H19BrN4O3S. The summed E-state index contributed by atoms with van der Waals surface area (Å²) in [5.41, 5.74) is 1.59. The van der Waals surface area contributed by atoms with E-state index in [1.807, 2.05) is 0 Å². The highest BCUT2D eigenvalue weighted by atomic mass is 79.9. The lowest BCUT2D eigenvalue weighted by molar-refractivity contribution is 0.0857. The van der Waals surface area contributed by atoms with Crippen LogP contribution in [0, 0.1) is 0 Å². The van der Waals surface area contributed by atoms with Gasteiger partial charge in [0, 0.05) is 41.3 Å². The summed E-state index contributed by atoms with van der Waals surface area (Å²) in [6.45, 7) is 1.27. The summed E-state index contributed by atoms with van der Waals surface area (Å²) in [6, 6.07) is 8.47. The van der Waals surface area contributed by atoms with E-state index < -0.39 is 0 Å². The van der Waals surface area contributed by atoms with Crippen molar-refractivity contribution in [3.63, 3.8) is 0 Å². The van der Waals surface area contributed by atoms with Gasteiger partial charge in [0.05, 0.1) is 11.7 Å². The minimum absolute atomic E-state index is 0.103. The van der Waals surface area contributed by atoms with Gasteiger partial charge >= 0.3 is 0 Å². The lowest BCUT2D eigenvalue weighted by atomic mass is 10.2. The first kappa shape index (κ1) is 20.4. The van der Waals surface area contributed by atoms with Gasteiger partial charge in [-0.2, -0.15) is 0 Å². The minimum atomic E-state index is -0.364. The number of ether oxygens (including phenoxy) is 1. The molecule has 3 rings (SSSR count). The molecule has 28 heavy (non-hydrogen) atoms. The Balaban J connectivity index is 1.49. The normalized spacial score (nSPS) is 15.7. The number of rotatable bonds is 5. The monoisotopic (exact) mass is 462 g/mol. The van der Waals surface area contributed by atoms with Crippen molar-refractivity contribution in [2.24, 2.45) is 0 Å². The molecule has 1 saturated heterocycles. The van der Waals surface area contributed by atoms with Gasteiger partial charge in [0.1, 0.15) is 0 Å². The number of halogens is 1. The number of aromatic nitrogens is 1. The second-order valence-electron chi connectivity index (χ2n) is 6.22. The van der Waals surface area contributed by atoms with Crippen LogP contribution >= 0.6 is 28.1 Å². The van der Waals surface area contributed by atoms with Crippen LogP contribution in [0.2, 0.25) is 0 Å². The van der Waals surface area contributed by atoms with Crippen LogP contribution in [0.5, 0.6) is 0 Å². The lowest BCUT2D eigenvalue weighted by Gasteiger charge is -2.12. The Morgan fingerprint density at radius 3 is 2.64 bits per heavy atom. The van der Waals surface area contributed by atoms with Crippen LogP contribution in [0.15, 0.2) is 47.2 Å². The Labute approximate surface area is 176 Å². The van der Waals surface area contributed by atoms with Crippen LogP contribution in [0.4, 0.5) is 5.69 Å². The molecule has 1 aromatic heterocycles. The van der Waals surface area contributed by atoms with Crippen molar-refractivity contribution in [3.05, 3.63) is 58.3 Å². The predicted octanol–water partition coefficient (Wildman–Crippen LogP) is 2.88. The molecule has 1 aliphatic rings. The smallest absolute Gasteiger partial charge is 0.259 e. The molecule has 1 aromatic carbocycles. The molecule has 0 saturated carbocycles. The van der Waals surface area contributed by atoms with Gasteiger partial charge in [-0.3, -0.25) is 19.9 Å². The van der Waals surface area contributed by atoms with E-state index in [2.05, 4.69) is 36.9 Å². The fourth-order valence-corrected chi connectivity index (χ4v) is 3.27. The van der Waals surface area contributed by atoms with Crippen LogP contribution < -0.4 is 16.0 Å². The molecule has 0 unspecified atom stereocenters. The van der Waals surface area contributed by atoms with E-state index in [-0.39, 0.29) is 23.0 Å². The van der Waals surface area contributed by atoms with E-state index in [4.69, 9.17) is 17.0 Å². The second kappa shape index (κ2) is 9.72. The van der Waals surface area contributed by atoms with Gasteiger partial charge in [0.15, 0.2) is 5.11 Å². The third kappa shape index (κ3) is 5.82. The minimum Gasteiger partial charge on any atom is -0.376 e. The predicted molar refractivity (Wildman–Crippen MR) is 113 cm³/mol. The quantitative estimate of drug-likeness (QED) is 0.591. The topological polar surface area (TPSA) is 92.4 Å². The number of benzene rings is 1. The van der Waals surface area contributed by atoms with E-state index >= 15 is 0 Å². The van der Waals surface area contributed by atoms with Crippen molar-refractivity contribution in [2.45, 2.75) is 18.9 Å². The molecule has 2 amide bonds. The molecule has 1 atom stereocenters. The van der Waals surface area contributed by atoms with Crippen LogP contribution in [-0.4, -0.2) is 41.2 Å². The van der Waals surface area contributed by atoms with Gasteiger partial charge < -0.3 is 15.4 Å². The zero-order valence-corrected chi connectivity index (χ0v) is 17.3. The molecule has 0 radical (unpaired) electrons. The largest absolute Gasteiger partial charge is 0.376 e. The third-order valence-corrected chi connectivity index (χ3v) is 4.75. The summed E-state index contributed by atoms with van der Waals surface area (Å²) in [6.07, 6.45) is 5.15. The van der Waals surface area contributed by atoms with Gasteiger partial charge in [0.2, 0.25) is 0 Å². The first-order valence-corrected chi connectivity index (χ1v) is 9.94. The zero-order valence-electron chi connectivity index (χ0n) is 14.9. The summed E-state index contributed by atoms with van der Waals surface area (Å²) in [7, 11) is 0. The summed E-state index contributed by atoms with van der Waals surface area (Å²) >= 11 is 8.43. The molecule has 146 valence electrons. The molecule has 1 fully saturated rings. The Hall–Kier alpha value is -2.36. The molecule has 0 bridgehead atoms. The number of nitrogens with one attached hydrogen (secondary N) is 3. The van der Waals surface area contributed by atoms with Crippen LogP contribution in [0.3, 0.4) is 0 Å². The number of carbonyl (C=O) groups is 2. The molecule has 2 heterocycles. The van der Waals surface area contributed by atoms with Crippen molar-refractivity contribution in [1.29, 1.82) is 0 Å². The van der Waals surface area contributed by atoms with E-state index in [0.717, 1.165) is 19.4 Å². The number of pyridine rings is 1. The lowest BCUT2D eigenvalue weighted by Crippen LogP contribution is -2.34. The van der Waals surface area contributed by atoms with Crippen molar-refractivity contribution in [1.82, 2.24) is 15.6 Å². The van der Waals surface area contributed by atoms with Gasteiger partial charge in [-0.15, -0.1) is 0 Å². The van der Waals surface area contributed by atoms with Crippen molar-refractivity contribution >= 4 is 50.8 Å². The second-order valence-corrected chi connectivity index (χ2v) is 7.55. The van der Waals surface area contributed by atoms with Gasteiger partial charge in [-0.05, 0) is 71.3 Å². The molecule has 3 N–H and O–H groups in total. The van der Waals surface area contributed by atoms with Gasteiger partial charge in [-0.25, -0.2) is 0 Å². The highest BCUT2D eigenvalue weighted by Crippen LogP contribution is 2.13. The fourth-order valence-electron chi connectivity index (χ4n) is 2.69. The number of amides is 2. The maximum absolute atomic E-state index is 12.2. The number of hydrogen-bond donors (Lipinski definition) is 3. The summed E-state index contributed by atoms with van der Waals surface area (Å²) in [5.74, 6) is -0.517. The Morgan fingerprint density at radius 1 is 1.18 bits per heavy atom. The summed E-state index contributed by atoms with van der Waals surface area (Å²) in [5, 5.41) is 8.53. The Kier molecular flexibility index (Phi) is 7.07. The molecule has 9 heteroatoms. The average Bonchev–Trinajstić information content (AvgIpc) is 3.20. The van der Waals surface area contributed by atoms with Gasteiger partial charge in [-0.1, -0.05) is 0 Å². The molecule has 2 aromatic rings. The zero-order chi connectivity index (χ0) is 19.9. The standard InChI is InChI=1S/C19H19BrN4O3S/c20-14-8-13(9-21-10-14)18(26)24-19(28)23-15-5-3-12(4-6-15)17(25)22-11-16-2-1-7-27-16/h3-6,8-10,16H,1-2,7,11H2,(H,22,25)(H2,23,24,26,28)/t16-/m1/s1. The van der Waals surface area contributed by atoms with Crippen LogP contribution in [0.1, 0.15) is 33.6 Å². The SMILES string of the molecule is O=C(NC[C@H]1CCCO1)c1ccc(NC(=S)NC(=O)c2cncc(Br)c2)cc1. The number of hydrogen-bond acceptors (Lipinski definition) is 5. The van der Waals surface area contributed by atoms with Crippen LogP contribution in [-0.2, 0) is 4.74 Å². The van der Waals surface area contributed by atoms with Crippen molar-refractivity contribution < 1.29 is 14.3 Å². The molecule has 0 aliphatic carbocycles. The first-order chi connectivity index (χ1) is 13.5. The van der Waals surface area contributed by atoms with Crippen LogP contribution in [0.25, 0.3) is 0 Å². The summed E-state index contributed by atoms with van der Waals surface area (Å²) < 4.78 is 6.19.